The Bertz CT molecular complexity index is 840. The molecule has 0 saturated carbocycles. The summed E-state index contributed by atoms with van der Waals surface area (Å²) in [5.41, 5.74) is 3.57. The van der Waals surface area contributed by atoms with Crippen molar-refractivity contribution in [3.05, 3.63) is 58.6 Å². The Hall–Kier alpha value is -2.45. The van der Waals surface area contributed by atoms with Gasteiger partial charge in [-0.1, -0.05) is 12.1 Å². The maximum absolute atomic E-state index is 9.12. The van der Waals surface area contributed by atoms with Gasteiger partial charge in [-0.15, -0.1) is 0 Å². The monoisotopic (exact) mass is 280 g/mol. The molecule has 1 aromatic carbocycles. The van der Waals surface area contributed by atoms with E-state index in [9.17, 15) is 0 Å². The molecule has 0 fully saturated rings. The zero-order valence-corrected chi connectivity index (χ0v) is 11.5. The highest BCUT2D eigenvalue weighted by Gasteiger charge is 2.07. The van der Waals surface area contributed by atoms with Gasteiger partial charge in [-0.05, 0) is 42.4 Å². The Morgan fingerprint density at radius 2 is 2.20 bits per heavy atom. The number of fused-ring (bicyclic) bond motifs is 1. The molecule has 0 unspecified atom stereocenters. The minimum atomic E-state index is 0.619. The van der Waals surface area contributed by atoms with Crippen molar-refractivity contribution in [2.24, 2.45) is 0 Å². The van der Waals surface area contributed by atoms with Crippen molar-refractivity contribution < 1.29 is 0 Å². The second kappa shape index (κ2) is 5.27. The number of H-pyrrole nitrogens is 1. The fourth-order valence-corrected chi connectivity index (χ4v) is 2.57. The van der Waals surface area contributed by atoms with Crippen LogP contribution >= 0.6 is 12.2 Å². The van der Waals surface area contributed by atoms with Crippen LogP contribution in [0.5, 0.6) is 0 Å². The molecule has 0 atom stereocenters. The van der Waals surface area contributed by atoms with Gasteiger partial charge >= 0.3 is 0 Å². The molecule has 20 heavy (non-hydrogen) atoms. The van der Waals surface area contributed by atoms with Crippen LogP contribution in [0.2, 0.25) is 0 Å². The highest BCUT2D eigenvalue weighted by molar-refractivity contribution is 7.71. The van der Waals surface area contributed by atoms with Gasteiger partial charge in [0.25, 0.3) is 0 Å². The minimum Gasteiger partial charge on any atom is -0.329 e. The first-order valence-corrected chi connectivity index (χ1v) is 6.71. The average Bonchev–Trinajstić information content (AvgIpc) is 2.81. The van der Waals surface area contributed by atoms with Crippen molar-refractivity contribution in [1.82, 2.24) is 14.5 Å². The van der Waals surface area contributed by atoms with Crippen molar-refractivity contribution >= 4 is 23.3 Å². The Balaban J connectivity index is 1.98. The van der Waals surface area contributed by atoms with Crippen LogP contribution in [0, 0.1) is 16.1 Å². The number of imidazole rings is 1. The lowest BCUT2D eigenvalue weighted by Crippen LogP contribution is -2.01. The number of hydrogen-bond donors (Lipinski definition) is 1. The topological polar surface area (TPSA) is 57.4 Å². The molecule has 3 aromatic rings. The summed E-state index contributed by atoms with van der Waals surface area (Å²) < 4.78 is 2.67. The summed E-state index contributed by atoms with van der Waals surface area (Å²) in [7, 11) is 0. The molecule has 0 saturated heterocycles. The van der Waals surface area contributed by atoms with Gasteiger partial charge < -0.3 is 9.55 Å². The maximum Gasteiger partial charge on any atom is 0.178 e. The lowest BCUT2D eigenvalue weighted by molar-refractivity contribution is 0.705. The molecule has 2 heterocycles. The number of aromatic nitrogens is 3. The van der Waals surface area contributed by atoms with E-state index in [2.05, 4.69) is 16.0 Å². The molecule has 0 spiro atoms. The molecule has 0 radical (unpaired) electrons. The first-order valence-electron chi connectivity index (χ1n) is 6.30. The predicted molar refractivity (Wildman–Crippen MR) is 79.8 cm³/mol. The van der Waals surface area contributed by atoms with E-state index in [-0.39, 0.29) is 0 Å². The van der Waals surface area contributed by atoms with E-state index in [0.717, 1.165) is 24.0 Å². The molecule has 0 aliphatic carbocycles. The first kappa shape index (κ1) is 12.6. The average molecular weight is 280 g/mol. The number of hydrogen-bond acceptors (Lipinski definition) is 3. The van der Waals surface area contributed by atoms with Crippen molar-refractivity contribution in [3.63, 3.8) is 0 Å². The van der Waals surface area contributed by atoms with Crippen molar-refractivity contribution in [3.8, 4) is 6.07 Å². The largest absolute Gasteiger partial charge is 0.329 e. The van der Waals surface area contributed by atoms with E-state index < -0.39 is 0 Å². The summed E-state index contributed by atoms with van der Waals surface area (Å²) in [5.74, 6) is 0. The van der Waals surface area contributed by atoms with Crippen LogP contribution in [0.4, 0.5) is 0 Å². The van der Waals surface area contributed by atoms with Crippen LogP contribution in [-0.4, -0.2) is 14.5 Å². The van der Waals surface area contributed by atoms with Gasteiger partial charge in [-0.3, -0.25) is 4.98 Å². The third kappa shape index (κ3) is 2.22. The summed E-state index contributed by atoms with van der Waals surface area (Å²) in [6.07, 6.45) is 4.48. The second-order valence-corrected chi connectivity index (χ2v) is 4.89. The highest BCUT2D eigenvalue weighted by Crippen LogP contribution is 2.18. The summed E-state index contributed by atoms with van der Waals surface area (Å²) in [6, 6.07) is 11.8. The van der Waals surface area contributed by atoms with Crippen LogP contribution in [0.3, 0.4) is 0 Å². The summed E-state index contributed by atoms with van der Waals surface area (Å²) >= 11 is 5.36. The second-order valence-electron chi connectivity index (χ2n) is 4.50. The quantitative estimate of drug-likeness (QED) is 0.749. The van der Waals surface area contributed by atoms with Crippen LogP contribution < -0.4 is 0 Å². The lowest BCUT2D eigenvalue weighted by Gasteiger charge is -2.04. The van der Waals surface area contributed by atoms with E-state index in [1.807, 2.05) is 35.0 Å². The molecule has 3 rings (SSSR count). The molecule has 5 heteroatoms. The molecule has 1 N–H and O–H groups in total. The number of para-hydroxylation sites is 1. The zero-order valence-electron chi connectivity index (χ0n) is 10.7. The Kier molecular flexibility index (Phi) is 3.32. The number of nitrogens with one attached hydrogen (secondary N) is 1. The molecule has 0 amide bonds. The molecular formula is C15H12N4S. The van der Waals surface area contributed by atoms with E-state index in [1.54, 1.807) is 12.3 Å². The third-order valence-electron chi connectivity index (χ3n) is 3.28. The maximum atomic E-state index is 9.12. The number of aromatic amines is 1. The smallest absolute Gasteiger partial charge is 0.178 e. The van der Waals surface area contributed by atoms with E-state index >= 15 is 0 Å². The van der Waals surface area contributed by atoms with Crippen LogP contribution in [0.1, 0.15) is 11.1 Å². The fourth-order valence-electron chi connectivity index (χ4n) is 2.28. The van der Waals surface area contributed by atoms with Crippen LogP contribution in [-0.2, 0) is 13.0 Å². The van der Waals surface area contributed by atoms with Gasteiger partial charge in [0.05, 0.1) is 16.6 Å². The highest BCUT2D eigenvalue weighted by atomic mass is 32.1. The normalized spacial score (nSPS) is 10.6. The molecule has 4 nitrogen and oxygen atoms in total. The van der Waals surface area contributed by atoms with Gasteiger partial charge in [-0.25, -0.2) is 0 Å². The van der Waals surface area contributed by atoms with Gasteiger partial charge in [0.15, 0.2) is 4.77 Å². The number of benzene rings is 1. The number of nitriles is 1. The number of rotatable bonds is 3. The third-order valence-corrected chi connectivity index (χ3v) is 3.60. The van der Waals surface area contributed by atoms with Gasteiger partial charge in [0, 0.05) is 18.9 Å². The van der Waals surface area contributed by atoms with Crippen molar-refractivity contribution in [1.29, 1.82) is 5.26 Å². The molecule has 0 aliphatic heterocycles. The van der Waals surface area contributed by atoms with Gasteiger partial charge in [-0.2, -0.15) is 5.26 Å². The minimum absolute atomic E-state index is 0.619. The summed E-state index contributed by atoms with van der Waals surface area (Å²) in [4.78, 5) is 7.23. The molecule has 98 valence electrons. The Morgan fingerprint density at radius 3 is 2.95 bits per heavy atom. The van der Waals surface area contributed by atoms with Gasteiger partial charge in [0.1, 0.15) is 6.07 Å². The van der Waals surface area contributed by atoms with Crippen LogP contribution in [0.15, 0.2) is 42.7 Å². The molecular weight excluding hydrogens is 268 g/mol. The number of nitrogens with zero attached hydrogens (tertiary/aromatic N) is 3. The molecule has 0 aliphatic rings. The van der Waals surface area contributed by atoms with E-state index in [4.69, 9.17) is 17.5 Å². The summed E-state index contributed by atoms with van der Waals surface area (Å²) in [6.45, 7) is 0.763. The Labute approximate surface area is 121 Å². The molecule has 0 bridgehead atoms. The first-order chi connectivity index (χ1) is 9.79. The van der Waals surface area contributed by atoms with Gasteiger partial charge in [0.2, 0.25) is 0 Å². The molecule has 2 aromatic heterocycles. The summed E-state index contributed by atoms with van der Waals surface area (Å²) in [5, 5.41) is 9.12. The fraction of sp³-hybridized carbons (Fsp3) is 0.133. The van der Waals surface area contributed by atoms with Crippen molar-refractivity contribution in [2.75, 3.05) is 0 Å². The Morgan fingerprint density at radius 1 is 1.30 bits per heavy atom. The van der Waals surface area contributed by atoms with E-state index in [0.29, 0.717) is 10.3 Å². The van der Waals surface area contributed by atoms with Crippen molar-refractivity contribution in [2.45, 2.75) is 13.0 Å². The van der Waals surface area contributed by atoms with Crippen LogP contribution in [0.25, 0.3) is 11.0 Å². The predicted octanol–water partition coefficient (Wildman–Crippen LogP) is 3.21. The number of aryl methyl sites for hydroxylation is 2. The standard InChI is InChI=1S/C15H12N4S/c16-9-12-4-1-5-13-14(12)18-15(20)19(13)8-6-11-3-2-7-17-10-11/h1-5,7,10H,6,8H2,(H,18,20). The number of pyridine rings is 1. The lowest BCUT2D eigenvalue weighted by atomic mass is 10.2. The van der Waals surface area contributed by atoms with E-state index in [1.165, 1.54) is 5.56 Å². The zero-order chi connectivity index (χ0) is 13.9. The SMILES string of the molecule is N#Cc1cccc2c1[nH]c(=S)n2CCc1cccnc1.